The number of esters is 1. The second-order valence-electron chi connectivity index (χ2n) is 6.45. The molecular formula is C13H24N2O2. The summed E-state index contributed by atoms with van der Waals surface area (Å²) in [5, 5.41) is 1.78. The largest absolute Gasteiger partial charge is 0.460 e. The predicted octanol–water partition coefficient (Wildman–Crippen LogP) is 1.55. The molecule has 0 aromatic rings. The Morgan fingerprint density at radius 3 is 2.41 bits per heavy atom. The molecule has 0 aromatic carbocycles. The Balaban J connectivity index is 1.99. The lowest BCUT2D eigenvalue weighted by atomic mass is 9.72. The normalized spacial score (nSPS) is 31.3. The van der Waals surface area contributed by atoms with Crippen LogP contribution in [0.25, 0.3) is 0 Å². The number of nitrogens with two attached hydrogens (primary N) is 1. The van der Waals surface area contributed by atoms with Gasteiger partial charge in [-0.1, -0.05) is 19.3 Å². The molecule has 1 aliphatic heterocycles. The van der Waals surface area contributed by atoms with Crippen LogP contribution in [0.5, 0.6) is 0 Å². The molecule has 1 saturated heterocycles. The van der Waals surface area contributed by atoms with Gasteiger partial charge in [-0.05, 0) is 32.6 Å². The Hall–Kier alpha value is -0.610. The molecule has 2 rings (SSSR count). The molecule has 1 heterocycles. The maximum atomic E-state index is 12.2. The molecule has 2 aliphatic rings. The van der Waals surface area contributed by atoms with Crippen molar-refractivity contribution in [3.63, 3.8) is 0 Å². The first-order valence-electron chi connectivity index (χ1n) is 6.59. The van der Waals surface area contributed by atoms with Crippen molar-refractivity contribution in [1.82, 2.24) is 5.01 Å². The summed E-state index contributed by atoms with van der Waals surface area (Å²) < 4.78 is 5.50. The zero-order valence-electron chi connectivity index (χ0n) is 11.1. The van der Waals surface area contributed by atoms with Crippen molar-refractivity contribution in [2.24, 2.45) is 23.6 Å². The lowest BCUT2D eigenvalue weighted by Gasteiger charge is -2.34. The van der Waals surface area contributed by atoms with E-state index in [2.05, 4.69) is 0 Å². The molecular weight excluding hydrogens is 216 g/mol. The Kier molecular flexibility index (Phi) is 3.46. The third kappa shape index (κ3) is 2.99. The second-order valence-corrected chi connectivity index (χ2v) is 6.45. The molecule has 2 N–H and O–H groups in total. The number of hydrogen-bond donors (Lipinski definition) is 1. The topological polar surface area (TPSA) is 55.6 Å². The van der Waals surface area contributed by atoms with Gasteiger partial charge in [-0.3, -0.25) is 10.6 Å². The maximum Gasteiger partial charge on any atom is 0.311 e. The molecule has 1 saturated carbocycles. The molecule has 17 heavy (non-hydrogen) atoms. The molecule has 0 radical (unpaired) electrons. The first-order chi connectivity index (χ1) is 7.87. The van der Waals surface area contributed by atoms with Crippen molar-refractivity contribution in [3.05, 3.63) is 0 Å². The van der Waals surface area contributed by atoms with Crippen LogP contribution in [-0.2, 0) is 9.53 Å². The minimum Gasteiger partial charge on any atom is -0.460 e. The number of rotatable bonds is 2. The van der Waals surface area contributed by atoms with Gasteiger partial charge in [0.05, 0.1) is 5.92 Å². The Morgan fingerprint density at radius 2 is 1.94 bits per heavy atom. The van der Waals surface area contributed by atoms with Crippen LogP contribution in [-0.4, -0.2) is 29.7 Å². The first kappa shape index (κ1) is 12.8. The van der Waals surface area contributed by atoms with Crippen molar-refractivity contribution < 1.29 is 9.53 Å². The van der Waals surface area contributed by atoms with E-state index in [9.17, 15) is 4.79 Å². The molecule has 2 atom stereocenters. The fraction of sp³-hybridized carbons (Fsp3) is 0.923. The third-order valence-electron chi connectivity index (χ3n) is 3.86. The van der Waals surface area contributed by atoms with Crippen molar-refractivity contribution in [3.8, 4) is 0 Å². The molecule has 1 aliphatic carbocycles. The molecule has 4 heteroatoms. The highest BCUT2D eigenvalue weighted by molar-refractivity contribution is 5.74. The smallest absolute Gasteiger partial charge is 0.311 e. The van der Waals surface area contributed by atoms with Crippen LogP contribution in [0.1, 0.15) is 40.0 Å². The molecule has 0 spiro atoms. The van der Waals surface area contributed by atoms with Gasteiger partial charge in [0, 0.05) is 13.1 Å². The van der Waals surface area contributed by atoms with E-state index in [0.717, 1.165) is 6.54 Å². The van der Waals surface area contributed by atoms with Crippen LogP contribution in [0, 0.1) is 17.8 Å². The molecule has 4 nitrogen and oxygen atoms in total. The average Bonchev–Trinajstić information content (AvgIpc) is 2.41. The number of hydrazine groups is 1. The Bertz CT molecular complexity index is 294. The Labute approximate surface area is 103 Å². The zero-order valence-corrected chi connectivity index (χ0v) is 11.1. The monoisotopic (exact) mass is 240 g/mol. The van der Waals surface area contributed by atoms with E-state index in [-0.39, 0.29) is 11.9 Å². The number of carbonyl (C=O) groups excluding carboxylic acids is 1. The van der Waals surface area contributed by atoms with Gasteiger partial charge >= 0.3 is 5.97 Å². The summed E-state index contributed by atoms with van der Waals surface area (Å²) in [6, 6.07) is 0. The average molecular weight is 240 g/mol. The zero-order chi connectivity index (χ0) is 12.6. The highest BCUT2D eigenvalue weighted by Crippen LogP contribution is 2.41. The minimum atomic E-state index is -0.400. The van der Waals surface area contributed by atoms with Gasteiger partial charge in [0.25, 0.3) is 0 Å². The summed E-state index contributed by atoms with van der Waals surface area (Å²) >= 11 is 0. The summed E-state index contributed by atoms with van der Waals surface area (Å²) in [4.78, 5) is 12.2. The van der Waals surface area contributed by atoms with Crippen LogP contribution in [0.15, 0.2) is 0 Å². The summed E-state index contributed by atoms with van der Waals surface area (Å²) in [5.41, 5.74) is -0.400. The molecule has 98 valence electrons. The quantitative estimate of drug-likeness (QED) is 0.588. The molecule has 0 bridgehead atoms. The van der Waals surface area contributed by atoms with E-state index < -0.39 is 5.60 Å². The first-order valence-corrected chi connectivity index (χ1v) is 6.59. The van der Waals surface area contributed by atoms with Crippen LogP contribution in [0.4, 0.5) is 0 Å². The molecule has 2 fully saturated rings. The van der Waals surface area contributed by atoms with E-state index in [4.69, 9.17) is 10.6 Å². The van der Waals surface area contributed by atoms with E-state index in [1.165, 1.54) is 19.3 Å². The summed E-state index contributed by atoms with van der Waals surface area (Å²) in [6.45, 7) is 7.24. The van der Waals surface area contributed by atoms with Crippen LogP contribution >= 0.6 is 0 Å². The Morgan fingerprint density at radius 1 is 1.29 bits per heavy atom. The number of ether oxygens (including phenoxy) is 1. The van der Waals surface area contributed by atoms with Gasteiger partial charge in [-0.2, -0.15) is 0 Å². The molecule has 0 unspecified atom stereocenters. The fourth-order valence-electron chi connectivity index (χ4n) is 2.83. The number of nitrogens with zero attached hydrogens (tertiary/aromatic N) is 1. The van der Waals surface area contributed by atoms with Gasteiger partial charge in [0.15, 0.2) is 0 Å². The van der Waals surface area contributed by atoms with E-state index in [1.807, 2.05) is 20.8 Å². The van der Waals surface area contributed by atoms with E-state index >= 15 is 0 Å². The maximum absolute atomic E-state index is 12.2. The van der Waals surface area contributed by atoms with Gasteiger partial charge in [0.2, 0.25) is 0 Å². The standard InChI is InChI=1S/C13H24N2O2/c1-13(2,3)17-12(16)11-8-15(14)7-10(11)9-5-4-6-9/h9-11H,4-8,14H2,1-3H3/t10-,11+/m0/s1. The van der Waals surface area contributed by atoms with Crippen LogP contribution in [0.3, 0.4) is 0 Å². The third-order valence-corrected chi connectivity index (χ3v) is 3.86. The molecule has 0 amide bonds. The van der Waals surface area contributed by atoms with Gasteiger partial charge < -0.3 is 4.74 Å². The SMILES string of the molecule is CC(C)(C)OC(=O)[C@@H]1CN(N)C[C@H]1C1CCC1. The van der Waals surface area contributed by atoms with Crippen LogP contribution in [0.2, 0.25) is 0 Å². The van der Waals surface area contributed by atoms with Gasteiger partial charge in [-0.15, -0.1) is 0 Å². The molecule has 0 aromatic heterocycles. The second kappa shape index (κ2) is 4.58. The van der Waals surface area contributed by atoms with E-state index in [1.54, 1.807) is 5.01 Å². The highest BCUT2D eigenvalue weighted by atomic mass is 16.6. The number of carbonyl (C=O) groups is 1. The lowest BCUT2D eigenvalue weighted by Crippen LogP contribution is -2.36. The van der Waals surface area contributed by atoms with Crippen molar-refractivity contribution >= 4 is 5.97 Å². The van der Waals surface area contributed by atoms with Crippen molar-refractivity contribution in [1.29, 1.82) is 0 Å². The van der Waals surface area contributed by atoms with Crippen molar-refractivity contribution in [2.45, 2.75) is 45.6 Å². The van der Waals surface area contributed by atoms with Crippen LogP contribution < -0.4 is 5.84 Å². The van der Waals surface area contributed by atoms with Gasteiger partial charge in [0.1, 0.15) is 5.60 Å². The lowest BCUT2D eigenvalue weighted by molar-refractivity contribution is -0.161. The fourth-order valence-corrected chi connectivity index (χ4v) is 2.83. The summed E-state index contributed by atoms with van der Waals surface area (Å²) in [6.07, 6.45) is 3.79. The summed E-state index contributed by atoms with van der Waals surface area (Å²) in [5.74, 6) is 6.86. The van der Waals surface area contributed by atoms with E-state index in [0.29, 0.717) is 18.4 Å². The summed E-state index contributed by atoms with van der Waals surface area (Å²) in [7, 11) is 0. The van der Waals surface area contributed by atoms with Crippen molar-refractivity contribution in [2.75, 3.05) is 13.1 Å². The highest BCUT2D eigenvalue weighted by Gasteiger charge is 2.44. The number of hydrogen-bond acceptors (Lipinski definition) is 4. The predicted molar refractivity (Wildman–Crippen MR) is 65.9 cm³/mol. The van der Waals surface area contributed by atoms with Gasteiger partial charge in [-0.25, -0.2) is 5.01 Å². The minimum absolute atomic E-state index is 0.0236.